The number of hydrogen-bond donors (Lipinski definition) is 1. The highest BCUT2D eigenvalue weighted by Crippen LogP contribution is 2.45. The smallest absolute Gasteiger partial charge is 0.125 e. The Balaban J connectivity index is 1.88. The summed E-state index contributed by atoms with van der Waals surface area (Å²) in [6.45, 7) is 2.92. The summed E-state index contributed by atoms with van der Waals surface area (Å²) in [5.41, 5.74) is 7.28. The van der Waals surface area contributed by atoms with Crippen molar-refractivity contribution in [2.75, 3.05) is 13.7 Å². The number of ether oxygens (including phenoxy) is 3. The summed E-state index contributed by atoms with van der Waals surface area (Å²) in [6.07, 6.45) is 4.02. The Kier molecular flexibility index (Phi) is 3.61. The second-order valence-electron chi connectivity index (χ2n) is 5.85. The highest BCUT2D eigenvalue weighted by atomic mass is 16.5. The zero-order valence-electron chi connectivity index (χ0n) is 12.2. The molecule has 2 N–H and O–H groups in total. The van der Waals surface area contributed by atoms with Crippen LogP contribution in [0, 0.1) is 0 Å². The molecule has 1 spiro atoms. The first-order valence-corrected chi connectivity index (χ1v) is 7.40. The van der Waals surface area contributed by atoms with Crippen molar-refractivity contribution in [3.05, 3.63) is 23.8 Å². The predicted octanol–water partition coefficient (Wildman–Crippen LogP) is 2.81. The lowest BCUT2D eigenvalue weighted by molar-refractivity contribution is -0.102. The van der Waals surface area contributed by atoms with Gasteiger partial charge in [-0.05, 0) is 24.6 Å². The summed E-state index contributed by atoms with van der Waals surface area (Å²) in [5.74, 6) is 1.73. The summed E-state index contributed by atoms with van der Waals surface area (Å²) in [6, 6.07) is 5.90. The molecule has 2 heterocycles. The van der Waals surface area contributed by atoms with Crippen LogP contribution < -0.4 is 15.2 Å². The van der Waals surface area contributed by atoms with Gasteiger partial charge in [-0.2, -0.15) is 0 Å². The van der Waals surface area contributed by atoms with E-state index in [1.807, 2.05) is 18.2 Å². The summed E-state index contributed by atoms with van der Waals surface area (Å²) in [5, 5.41) is 0. The van der Waals surface area contributed by atoms with Gasteiger partial charge >= 0.3 is 0 Å². The quantitative estimate of drug-likeness (QED) is 0.903. The fourth-order valence-corrected chi connectivity index (χ4v) is 3.35. The van der Waals surface area contributed by atoms with Crippen molar-refractivity contribution >= 4 is 0 Å². The zero-order chi connectivity index (χ0) is 14.2. The molecular formula is C16H23NO3. The van der Waals surface area contributed by atoms with Crippen molar-refractivity contribution in [1.29, 1.82) is 0 Å². The van der Waals surface area contributed by atoms with Crippen molar-refractivity contribution in [2.24, 2.45) is 5.73 Å². The van der Waals surface area contributed by atoms with E-state index in [1.165, 1.54) is 0 Å². The molecule has 0 radical (unpaired) electrons. The van der Waals surface area contributed by atoms with Crippen LogP contribution >= 0.6 is 0 Å². The minimum Gasteiger partial charge on any atom is -0.497 e. The van der Waals surface area contributed by atoms with E-state index in [0.29, 0.717) is 0 Å². The SMILES string of the molecule is CCC1CC2(CCO1)CC(N)c1cc(OC)ccc1O2. The lowest BCUT2D eigenvalue weighted by Crippen LogP contribution is -2.49. The lowest BCUT2D eigenvalue weighted by Gasteiger charge is -2.45. The molecule has 4 heteroatoms. The van der Waals surface area contributed by atoms with Crippen molar-refractivity contribution < 1.29 is 14.2 Å². The van der Waals surface area contributed by atoms with Gasteiger partial charge in [0.05, 0.1) is 19.8 Å². The van der Waals surface area contributed by atoms with Crippen LogP contribution in [-0.2, 0) is 4.74 Å². The number of rotatable bonds is 2. The van der Waals surface area contributed by atoms with E-state index in [4.69, 9.17) is 19.9 Å². The number of nitrogens with two attached hydrogens (primary N) is 1. The van der Waals surface area contributed by atoms with E-state index in [-0.39, 0.29) is 17.7 Å². The third kappa shape index (κ3) is 2.38. The largest absolute Gasteiger partial charge is 0.497 e. The van der Waals surface area contributed by atoms with Crippen LogP contribution in [0.1, 0.15) is 44.2 Å². The predicted molar refractivity (Wildman–Crippen MR) is 77.2 cm³/mol. The van der Waals surface area contributed by atoms with Crippen molar-refractivity contribution in [3.8, 4) is 11.5 Å². The molecule has 1 fully saturated rings. The van der Waals surface area contributed by atoms with Gasteiger partial charge < -0.3 is 19.9 Å². The van der Waals surface area contributed by atoms with Crippen LogP contribution in [0.3, 0.4) is 0 Å². The number of hydrogen-bond acceptors (Lipinski definition) is 4. The van der Waals surface area contributed by atoms with Gasteiger partial charge in [-0.15, -0.1) is 0 Å². The van der Waals surface area contributed by atoms with E-state index in [1.54, 1.807) is 7.11 Å². The molecule has 0 saturated carbocycles. The van der Waals surface area contributed by atoms with Crippen molar-refractivity contribution in [2.45, 2.75) is 50.4 Å². The zero-order valence-corrected chi connectivity index (χ0v) is 12.2. The Morgan fingerprint density at radius 1 is 1.40 bits per heavy atom. The van der Waals surface area contributed by atoms with E-state index in [9.17, 15) is 0 Å². The first-order valence-electron chi connectivity index (χ1n) is 7.40. The standard InChI is InChI=1S/C16H23NO3/c1-3-11-9-16(6-7-19-11)10-14(17)13-8-12(18-2)4-5-15(13)20-16/h4-5,8,11,14H,3,6-7,9-10,17H2,1-2H3. The van der Waals surface area contributed by atoms with E-state index in [2.05, 4.69) is 6.92 Å². The first kappa shape index (κ1) is 13.7. The van der Waals surface area contributed by atoms with E-state index in [0.717, 1.165) is 49.4 Å². The molecule has 1 aromatic rings. The van der Waals surface area contributed by atoms with E-state index >= 15 is 0 Å². The Labute approximate surface area is 120 Å². The molecule has 0 amide bonds. The molecule has 0 aliphatic carbocycles. The first-order chi connectivity index (χ1) is 9.65. The van der Waals surface area contributed by atoms with E-state index < -0.39 is 0 Å². The molecule has 4 nitrogen and oxygen atoms in total. The highest BCUT2D eigenvalue weighted by molar-refractivity contribution is 5.44. The molecule has 3 rings (SSSR count). The maximum atomic E-state index is 6.39. The molecule has 1 aromatic carbocycles. The average molecular weight is 277 g/mol. The summed E-state index contributed by atoms with van der Waals surface area (Å²) in [4.78, 5) is 0. The van der Waals surface area contributed by atoms with Gasteiger partial charge in [0.2, 0.25) is 0 Å². The molecule has 1 saturated heterocycles. The Hall–Kier alpha value is -1.26. The highest BCUT2D eigenvalue weighted by Gasteiger charge is 2.43. The van der Waals surface area contributed by atoms with Crippen LogP contribution in [0.4, 0.5) is 0 Å². The lowest BCUT2D eigenvalue weighted by atomic mass is 9.80. The fourth-order valence-electron chi connectivity index (χ4n) is 3.35. The Morgan fingerprint density at radius 3 is 3.00 bits per heavy atom. The molecular weight excluding hydrogens is 254 g/mol. The van der Waals surface area contributed by atoms with Crippen LogP contribution in [0.15, 0.2) is 18.2 Å². The molecule has 20 heavy (non-hydrogen) atoms. The van der Waals surface area contributed by atoms with Gasteiger partial charge in [-0.3, -0.25) is 0 Å². The van der Waals surface area contributed by atoms with Gasteiger partial charge in [-0.1, -0.05) is 6.92 Å². The topological polar surface area (TPSA) is 53.7 Å². The van der Waals surface area contributed by atoms with Gasteiger partial charge in [0.1, 0.15) is 17.1 Å². The maximum Gasteiger partial charge on any atom is 0.125 e. The second kappa shape index (κ2) is 5.26. The monoisotopic (exact) mass is 277 g/mol. The van der Waals surface area contributed by atoms with Crippen molar-refractivity contribution in [1.82, 2.24) is 0 Å². The van der Waals surface area contributed by atoms with Gasteiger partial charge in [0.25, 0.3) is 0 Å². The molecule has 3 atom stereocenters. The number of methoxy groups -OCH3 is 1. The second-order valence-corrected chi connectivity index (χ2v) is 5.85. The van der Waals surface area contributed by atoms with Crippen molar-refractivity contribution in [3.63, 3.8) is 0 Å². The number of fused-ring (bicyclic) bond motifs is 1. The summed E-state index contributed by atoms with van der Waals surface area (Å²) in [7, 11) is 1.67. The average Bonchev–Trinajstić information content (AvgIpc) is 2.47. The van der Waals surface area contributed by atoms with Crippen LogP contribution in [0.2, 0.25) is 0 Å². The molecule has 0 aromatic heterocycles. The summed E-state index contributed by atoms with van der Waals surface area (Å²) >= 11 is 0. The Bertz CT molecular complexity index is 491. The molecule has 110 valence electrons. The van der Waals surface area contributed by atoms with Crippen LogP contribution in [0.25, 0.3) is 0 Å². The maximum absolute atomic E-state index is 6.39. The Morgan fingerprint density at radius 2 is 2.25 bits per heavy atom. The minimum absolute atomic E-state index is 0.00413. The third-order valence-corrected chi connectivity index (χ3v) is 4.50. The van der Waals surface area contributed by atoms with Gasteiger partial charge in [0.15, 0.2) is 0 Å². The fraction of sp³-hybridized carbons (Fsp3) is 0.625. The normalized spacial score (nSPS) is 32.5. The summed E-state index contributed by atoms with van der Waals surface area (Å²) < 4.78 is 17.4. The minimum atomic E-state index is -0.153. The van der Waals surface area contributed by atoms with Gasteiger partial charge in [0, 0.05) is 30.9 Å². The van der Waals surface area contributed by atoms with Gasteiger partial charge in [-0.25, -0.2) is 0 Å². The molecule has 2 aliphatic heterocycles. The van der Waals surface area contributed by atoms with Crippen LogP contribution in [-0.4, -0.2) is 25.4 Å². The molecule has 3 unspecified atom stereocenters. The third-order valence-electron chi connectivity index (χ3n) is 4.50. The number of benzene rings is 1. The molecule has 0 bridgehead atoms. The van der Waals surface area contributed by atoms with Crippen LogP contribution in [0.5, 0.6) is 11.5 Å². The molecule has 2 aliphatic rings.